The van der Waals surface area contributed by atoms with Crippen molar-refractivity contribution in [1.82, 2.24) is 0 Å². The molecular formula is C12H12ClNO2. The first-order chi connectivity index (χ1) is 7.63. The van der Waals surface area contributed by atoms with Crippen LogP contribution in [0.25, 0.3) is 0 Å². The van der Waals surface area contributed by atoms with E-state index in [0.29, 0.717) is 22.9 Å². The van der Waals surface area contributed by atoms with Gasteiger partial charge in [0, 0.05) is 16.3 Å². The second-order valence-electron chi connectivity index (χ2n) is 3.02. The average Bonchev–Trinajstić information content (AvgIpc) is 2.23. The summed E-state index contributed by atoms with van der Waals surface area (Å²) in [7, 11) is 0. The maximum atomic E-state index is 11.0. The van der Waals surface area contributed by atoms with Crippen molar-refractivity contribution >= 4 is 23.3 Å². The van der Waals surface area contributed by atoms with Gasteiger partial charge in [0.2, 0.25) is 0 Å². The summed E-state index contributed by atoms with van der Waals surface area (Å²) in [6.45, 7) is 2.11. The molecule has 0 aromatic heterocycles. The van der Waals surface area contributed by atoms with E-state index in [1.165, 1.54) is 0 Å². The van der Waals surface area contributed by atoms with Crippen LogP contribution in [-0.4, -0.2) is 12.6 Å². The highest BCUT2D eigenvalue weighted by Gasteiger charge is 1.98. The van der Waals surface area contributed by atoms with Crippen molar-refractivity contribution in [3.05, 3.63) is 28.8 Å². The fraction of sp³-hybridized carbons (Fsp3) is 0.250. The maximum absolute atomic E-state index is 11.0. The van der Waals surface area contributed by atoms with E-state index in [2.05, 4.69) is 11.8 Å². The molecule has 0 aliphatic carbocycles. The molecule has 1 aromatic carbocycles. The van der Waals surface area contributed by atoms with Crippen LogP contribution in [0.3, 0.4) is 0 Å². The third kappa shape index (κ3) is 3.84. The Kier molecular flexibility index (Phi) is 4.68. The quantitative estimate of drug-likeness (QED) is 0.488. The van der Waals surface area contributed by atoms with Gasteiger partial charge in [-0.3, -0.25) is 4.79 Å². The third-order valence-electron chi connectivity index (χ3n) is 1.78. The number of hydrogen-bond acceptors (Lipinski definition) is 3. The minimum Gasteiger partial charge on any atom is -0.465 e. The highest BCUT2D eigenvalue weighted by Crippen LogP contribution is 2.16. The zero-order chi connectivity index (χ0) is 12.0. The van der Waals surface area contributed by atoms with Crippen LogP contribution in [0.5, 0.6) is 0 Å². The summed E-state index contributed by atoms with van der Waals surface area (Å²) in [5, 5.41) is 0.564. The minimum absolute atomic E-state index is 0.0554. The Morgan fingerprint density at radius 2 is 2.31 bits per heavy atom. The van der Waals surface area contributed by atoms with E-state index >= 15 is 0 Å². The molecule has 1 aromatic rings. The normalized spacial score (nSPS) is 9.12. The molecule has 0 radical (unpaired) electrons. The molecule has 0 fully saturated rings. The maximum Gasteiger partial charge on any atom is 0.317 e. The number of nitrogens with two attached hydrogens (primary N) is 1. The molecule has 0 saturated carbocycles. The first-order valence-electron chi connectivity index (χ1n) is 4.83. The third-order valence-corrected chi connectivity index (χ3v) is 2.01. The van der Waals surface area contributed by atoms with Gasteiger partial charge in [0.25, 0.3) is 0 Å². The molecule has 2 N–H and O–H groups in total. The number of hydrogen-bond donors (Lipinski definition) is 1. The molecule has 0 heterocycles. The number of carbonyl (C=O) groups is 1. The Bertz CT molecular complexity index is 446. The summed E-state index contributed by atoms with van der Waals surface area (Å²) in [4.78, 5) is 11.0. The van der Waals surface area contributed by atoms with Crippen LogP contribution >= 0.6 is 11.6 Å². The molecule has 16 heavy (non-hydrogen) atoms. The van der Waals surface area contributed by atoms with Gasteiger partial charge in [-0.2, -0.15) is 0 Å². The Labute approximate surface area is 99.5 Å². The smallest absolute Gasteiger partial charge is 0.317 e. The monoisotopic (exact) mass is 237 g/mol. The van der Waals surface area contributed by atoms with Gasteiger partial charge in [-0.1, -0.05) is 23.4 Å². The molecule has 0 atom stereocenters. The molecule has 0 aliphatic rings. The van der Waals surface area contributed by atoms with Crippen molar-refractivity contribution in [2.45, 2.75) is 13.3 Å². The van der Waals surface area contributed by atoms with Crippen LogP contribution in [0, 0.1) is 11.8 Å². The Morgan fingerprint density at radius 3 is 3.00 bits per heavy atom. The van der Waals surface area contributed by atoms with Crippen LogP contribution in [0.4, 0.5) is 5.69 Å². The second-order valence-corrected chi connectivity index (χ2v) is 3.45. The highest BCUT2D eigenvalue weighted by atomic mass is 35.5. The Morgan fingerprint density at radius 1 is 1.56 bits per heavy atom. The van der Waals surface area contributed by atoms with Crippen LogP contribution in [-0.2, 0) is 9.53 Å². The van der Waals surface area contributed by atoms with Crippen molar-refractivity contribution in [1.29, 1.82) is 0 Å². The molecule has 0 unspecified atom stereocenters. The number of carbonyl (C=O) groups excluding carboxylic acids is 1. The van der Waals surface area contributed by atoms with E-state index in [9.17, 15) is 4.79 Å². The number of esters is 1. The van der Waals surface area contributed by atoms with Gasteiger partial charge in [0.05, 0.1) is 6.61 Å². The fourth-order valence-corrected chi connectivity index (χ4v) is 1.23. The van der Waals surface area contributed by atoms with E-state index in [1.807, 2.05) is 0 Å². The van der Waals surface area contributed by atoms with Gasteiger partial charge in [0.15, 0.2) is 0 Å². The zero-order valence-electron chi connectivity index (χ0n) is 8.92. The van der Waals surface area contributed by atoms with E-state index < -0.39 is 0 Å². The number of benzene rings is 1. The lowest BCUT2D eigenvalue weighted by Gasteiger charge is -1.98. The van der Waals surface area contributed by atoms with Crippen molar-refractivity contribution in [3.8, 4) is 11.8 Å². The van der Waals surface area contributed by atoms with Crippen LogP contribution in [0.1, 0.15) is 18.9 Å². The summed E-state index contributed by atoms with van der Waals surface area (Å²) in [5.41, 5.74) is 6.85. The van der Waals surface area contributed by atoms with Crippen molar-refractivity contribution in [2.75, 3.05) is 12.3 Å². The van der Waals surface area contributed by atoms with Gasteiger partial charge in [-0.05, 0) is 25.1 Å². The predicted octanol–water partition coefficient (Wildman–Crippen LogP) is 2.23. The first-order valence-corrected chi connectivity index (χ1v) is 5.20. The first kappa shape index (κ1) is 12.4. The molecule has 4 heteroatoms. The Hall–Kier alpha value is -1.66. The van der Waals surface area contributed by atoms with Crippen LogP contribution in [0.2, 0.25) is 5.02 Å². The lowest BCUT2D eigenvalue weighted by atomic mass is 10.2. The molecule has 1 rings (SSSR count). The largest absolute Gasteiger partial charge is 0.465 e. The molecule has 0 amide bonds. The van der Waals surface area contributed by atoms with Crippen molar-refractivity contribution < 1.29 is 9.53 Å². The average molecular weight is 238 g/mol. The minimum atomic E-state index is -0.337. The van der Waals surface area contributed by atoms with E-state index in [0.717, 1.165) is 0 Å². The van der Waals surface area contributed by atoms with Crippen LogP contribution in [0.15, 0.2) is 18.2 Å². The second kappa shape index (κ2) is 6.04. The van der Waals surface area contributed by atoms with Gasteiger partial charge in [-0.15, -0.1) is 0 Å². The van der Waals surface area contributed by atoms with Gasteiger partial charge < -0.3 is 10.5 Å². The summed E-state index contributed by atoms with van der Waals surface area (Å²) in [6.07, 6.45) is 0.0554. The summed E-state index contributed by atoms with van der Waals surface area (Å²) < 4.78 is 4.74. The van der Waals surface area contributed by atoms with E-state index in [1.54, 1.807) is 25.1 Å². The van der Waals surface area contributed by atoms with Gasteiger partial charge in [0.1, 0.15) is 6.42 Å². The van der Waals surface area contributed by atoms with Crippen molar-refractivity contribution in [2.24, 2.45) is 0 Å². The zero-order valence-corrected chi connectivity index (χ0v) is 9.67. The topological polar surface area (TPSA) is 52.3 Å². The SMILES string of the molecule is CCOC(=O)CC#Cc1cc(Cl)ccc1N. The van der Waals surface area contributed by atoms with Crippen LogP contribution < -0.4 is 5.73 Å². The number of halogens is 1. The van der Waals surface area contributed by atoms with Gasteiger partial charge >= 0.3 is 5.97 Å². The predicted molar refractivity (Wildman–Crippen MR) is 64.0 cm³/mol. The molecule has 0 aliphatic heterocycles. The van der Waals surface area contributed by atoms with Gasteiger partial charge in [-0.25, -0.2) is 0 Å². The molecular weight excluding hydrogens is 226 g/mol. The molecule has 84 valence electrons. The number of anilines is 1. The van der Waals surface area contributed by atoms with E-state index in [-0.39, 0.29) is 12.4 Å². The summed E-state index contributed by atoms with van der Waals surface area (Å²) >= 11 is 5.79. The Balaban J connectivity index is 2.69. The molecule has 0 saturated heterocycles. The lowest BCUT2D eigenvalue weighted by Crippen LogP contribution is -2.01. The standard InChI is InChI=1S/C12H12ClNO2/c1-2-16-12(15)5-3-4-9-8-10(13)6-7-11(9)14/h6-8H,2,5,14H2,1H3. The number of ether oxygens (including phenoxy) is 1. The number of nitrogen functional groups attached to an aromatic ring is 1. The molecule has 3 nitrogen and oxygen atoms in total. The summed E-state index contributed by atoms with van der Waals surface area (Å²) in [5.74, 6) is 5.14. The molecule has 0 bridgehead atoms. The highest BCUT2D eigenvalue weighted by molar-refractivity contribution is 6.30. The summed E-state index contributed by atoms with van der Waals surface area (Å²) in [6, 6.07) is 5.03. The van der Waals surface area contributed by atoms with Crippen molar-refractivity contribution in [3.63, 3.8) is 0 Å². The fourth-order valence-electron chi connectivity index (χ4n) is 1.06. The number of rotatable bonds is 2. The van der Waals surface area contributed by atoms with E-state index in [4.69, 9.17) is 22.1 Å². The lowest BCUT2D eigenvalue weighted by molar-refractivity contribution is -0.141. The molecule has 0 spiro atoms.